The zero-order chi connectivity index (χ0) is 16.0. The van der Waals surface area contributed by atoms with Crippen LogP contribution in [0.4, 0.5) is 10.1 Å². The number of benzene rings is 2. The van der Waals surface area contributed by atoms with Crippen LogP contribution in [-0.4, -0.2) is 11.8 Å². The van der Waals surface area contributed by atoms with E-state index in [-0.39, 0.29) is 23.8 Å². The van der Waals surface area contributed by atoms with E-state index in [0.29, 0.717) is 17.2 Å². The molecule has 3 aliphatic rings. The molecular weight excluding hydrogens is 313 g/mol. The molecule has 0 unspecified atom stereocenters. The van der Waals surface area contributed by atoms with Crippen LogP contribution < -0.4 is 4.90 Å². The first-order valence-electron chi connectivity index (χ1n) is 7.95. The Kier molecular flexibility index (Phi) is 3.61. The lowest BCUT2D eigenvalue weighted by Crippen LogP contribution is -2.54. The fraction of sp³-hybridized carbons (Fsp3) is 0.316. The van der Waals surface area contributed by atoms with Gasteiger partial charge in [0.1, 0.15) is 11.6 Å². The van der Waals surface area contributed by atoms with Gasteiger partial charge in [0, 0.05) is 29.1 Å². The highest BCUT2D eigenvalue weighted by molar-refractivity contribution is 6.30. The van der Waals surface area contributed by atoms with Gasteiger partial charge >= 0.3 is 0 Å². The summed E-state index contributed by atoms with van der Waals surface area (Å²) in [6, 6.07) is 14.5. The van der Waals surface area contributed by atoms with Crippen molar-refractivity contribution in [3.8, 4) is 0 Å². The first-order valence-corrected chi connectivity index (χ1v) is 8.33. The minimum atomic E-state index is -0.251. The van der Waals surface area contributed by atoms with Crippen molar-refractivity contribution in [2.24, 2.45) is 5.92 Å². The average Bonchev–Trinajstić information content (AvgIpc) is 2.56. The molecule has 2 aromatic carbocycles. The lowest BCUT2D eigenvalue weighted by Gasteiger charge is -2.52. The fourth-order valence-corrected chi connectivity index (χ4v) is 4.17. The van der Waals surface area contributed by atoms with Gasteiger partial charge in [0.05, 0.1) is 6.04 Å². The van der Waals surface area contributed by atoms with Crippen LogP contribution in [0.25, 0.3) is 0 Å². The van der Waals surface area contributed by atoms with Crippen LogP contribution >= 0.6 is 11.6 Å². The van der Waals surface area contributed by atoms with Gasteiger partial charge in [-0.1, -0.05) is 23.7 Å². The molecule has 1 aliphatic carbocycles. The molecule has 0 radical (unpaired) electrons. The van der Waals surface area contributed by atoms with E-state index in [4.69, 9.17) is 11.6 Å². The molecule has 1 saturated carbocycles. The normalized spacial score (nSPS) is 26.6. The van der Waals surface area contributed by atoms with Crippen molar-refractivity contribution in [2.75, 3.05) is 4.90 Å². The number of hydrogen-bond acceptors (Lipinski definition) is 2. The van der Waals surface area contributed by atoms with Crippen molar-refractivity contribution >= 4 is 23.1 Å². The summed E-state index contributed by atoms with van der Waals surface area (Å²) in [6.07, 6.45) is 2.54. The molecule has 0 amide bonds. The quantitative estimate of drug-likeness (QED) is 0.790. The van der Waals surface area contributed by atoms with E-state index in [0.717, 1.165) is 24.1 Å². The molecule has 0 N–H and O–H groups in total. The largest absolute Gasteiger partial charge is 0.360 e. The van der Waals surface area contributed by atoms with Gasteiger partial charge in [-0.3, -0.25) is 4.79 Å². The number of carbonyl (C=O) groups is 1. The molecule has 2 bridgehead atoms. The zero-order valence-electron chi connectivity index (χ0n) is 12.6. The summed E-state index contributed by atoms with van der Waals surface area (Å²) in [4.78, 5) is 14.7. The maximum Gasteiger partial charge on any atom is 0.140 e. The Morgan fingerprint density at radius 1 is 1.00 bits per heavy atom. The summed E-state index contributed by atoms with van der Waals surface area (Å²) in [6.45, 7) is 0. The molecule has 118 valence electrons. The molecule has 3 fully saturated rings. The number of hydrogen-bond donors (Lipinski definition) is 0. The fourth-order valence-electron chi connectivity index (χ4n) is 4.05. The van der Waals surface area contributed by atoms with Crippen molar-refractivity contribution in [1.82, 2.24) is 0 Å². The van der Waals surface area contributed by atoms with Crippen LogP contribution in [0, 0.1) is 11.7 Å². The Bertz CT molecular complexity index is 728. The summed E-state index contributed by atoms with van der Waals surface area (Å²) in [7, 11) is 0. The van der Waals surface area contributed by atoms with Gasteiger partial charge < -0.3 is 4.90 Å². The molecule has 3 atom stereocenters. The van der Waals surface area contributed by atoms with Gasteiger partial charge in [0.2, 0.25) is 0 Å². The zero-order valence-corrected chi connectivity index (χ0v) is 13.3. The Hall–Kier alpha value is -1.87. The molecule has 2 aliphatic heterocycles. The minimum absolute atomic E-state index is 0.0128. The summed E-state index contributed by atoms with van der Waals surface area (Å²) >= 11 is 6.01. The smallest absolute Gasteiger partial charge is 0.140 e. The highest BCUT2D eigenvalue weighted by atomic mass is 35.5. The average molecular weight is 330 g/mol. The maximum absolute atomic E-state index is 13.3. The molecule has 0 aromatic heterocycles. The van der Waals surface area contributed by atoms with Crippen LogP contribution in [0.1, 0.15) is 30.9 Å². The number of piperidine rings is 2. The third-order valence-electron chi connectivity index (χ3n) is 5.07. The van der Waals surface area contributed by atoms with E-state index < -0.39 is 0 Å². The van der Waals surface area contributed by atoms with Gasteiger partial charge in [0.15, 0.2) is 0 Å². The lowest BCUT2D eigenvalue weighted by molar-refractivity contribution is -0.128. The van der Waals surface area contributed by atoms with Gasteiger partial charge in [-0.05, 0) is 54.8 Å². The van der Waals surface area contributed by atoms with Crippen LogP contribution in [0.15, 0.2) is 48.5 Å². The highest BCUT2D eigenvalue weighted by Gasteiger charge is 2.47. The number of fused-ring (bicyclic) bond motifs is 3. The Morgan fingerprint density at radius 2 is 1.70 bits per heavy atom. The number of nitrogens with zero attached hydrogens (tertiary/aromatic N) is 1. The monoisotopic (exact) mass is 329 g/mol. The topological polar surface area (TPSA) is 20.3 Å². The Balaban J connectivity index is 1.79. The minimum Gasteiger partial charge on any atom is -0.360 e. The van der Waals surface area contributed by atoms with E-state index in [2.05, 4.69) is 4.90 Å². The summed E-state index contributed by atoms with van der Waals surface area (Å²) in [5.41, 5.74) is 2.08. The first kappa shape index (κ1) is 14.7. The number of carbonyl (C=O) groups excluding carboxylic acids is 1. The number of anilines is 1. The van der Waals surface area contributed by atoms with E-state index in [1.807, 2.05) is 24.3 Å². The number of ketones is 1. The van der Waals surface area contributed by atoms with Gasteiger partial charge in [-0.25, -0.2) is 4.39 Å². The number of rotatable bonds is 2. The predicted molar refractivity (Wildman–Crippen MR) is 89.2 cm³/mol. The lowest BCUT2D eigenvalue weighted by atomic mass is 9.71. The highest BCUT2D eigenvalue weighted by Crippen LogP contribution is 2.47. The molecule has 2 saturated heterocycles. The third-order valence-corrected chi connectivity index (χ3v) is 5.32. The van der Waals surface area contributed by atoms with E-state index >= 15 is 0 Å². The first-order chi connectivity index (χ1) is 11.1. The van der Waals surface area contributed by atoms with Crippen LogP contribution in [-0.2, 0) is 4.79 Å². The second-order valence-corrected chi connectivity index (χ2v) is 6.82. The molecule has 4 heteroatoms. The van der Waals surface area contributed by atoms with Crippen LogP contribution in [0.3, 0.4) is 0 Å². The van der Waals surface area contributed by atoms with Crippen molar-refractivity contribution in [3.63, 3.8) is 0 Å². The van der Waals surface area contributed by atoms with Crippen molar-refractivity contribution in [1.29, 1.82) is 0 Å². The van der Waals surface area contributed by atoms with Gasteiger partial charge in [0.25, 0.3) is 0 Å². The van der Waals surface area contributed by atoms with Crippen LogP contribution in [0.2, 0.25) is 5.02 Å². The molecule has 2 heterocycles. The third kappa shape index (κ3) is 2.53. The molecule has 2 aromatic rings. The van der Waals surface area contributed by atoms with Crippen molar-refractivity contribution < 1.29 is 9.18 Å². The second kappa shape index (κ2) is 5.64. The van der Waals surface area contributed by atoms with Crippen molar-refractivity contribution in [3.05, 3.63) is 64.9 Å². The molecular formula is C19H17ClFNO. The molecule has 5 rings (SSSR count). The molecule has 0 spiro atoms. The van der Waals surface area contributed by atoms with E-state index in [9.17, 15) is 9.18 Å². The van der Waals surface area contributed by atoms with E-state index in [1.165, 1.54) is 12.1 Å². The Labute approximate surface area is 139 Å². The summed E-state index contributed by atoms with van der Waals surface area (Å²) in [5.74, 6) is 0.0704. The van der Waals surface area contributed by atoms with E-state index in [1.54, 1.807) is 12.1 Å². The van der Waals surface area contributed by atoms with Gasteiger partial charge in [-0.15, -0.1) is 0 Å². The molecule has 23 heavy (non-hydrogen) atoms. The standard InChI is InChI=1S/C19H17ClFNO/c20-13-3-7-15(8-4-13)22-16-9-10-17(18(23)11-16)19(22)12-1-5-14(21)6-2-12/h1-8,16-17,19H,9-11H2/t16-,17+,19-/m0/s1. The SMILES string of the molecule is O=C1C[C@@H]2CC[C@H]1[C@H](c1ccc(F)cc1)N2c1ccc(Cl)cc1. The molecule has 2 nitrogen and oxygen atoms in total. The van der Waals surface area contributed by atoms with Gasteiger partial charge in [-0.2, -0.15) is 0 Å². The maximum atomic E-state index is 13.3. The van der Waals surface area contributed by atoms with Crippen molar-refractivity contribution in [2.45, 2.75) is 31.3 Å². The summed E-state index contributed by atoms with van der Waals surface area (Å²) < 4.78 is 13.3. The predicted octanol–water partition coefficient (Wildman–Crippen LogP) is 4.78. The van der Waals surface area contributed by atoms with Crippen LogP contribution in [0.5, 0.6) is 0 Å². The second-order valence-electron chi connectivity index (χ2n) is 6.39. The number of halogens is 2. The Morgan fingerprint density at radius 3 is 2.35 bits per heavy atom. The number of Topliss-reactive ketones (excluding diaryl/α,β-unsaturated/α-hetero) is 1. The summed E-state index contributed by atoms with van der Waals surface area (Å²) in [5, 5.41) is 0.699.